The van der Waals surface area contributed by atoms with Crippen LogP contribution in [0.15, 0.2) is 12.1 Å². The number of carbonyl (C=O) groups is 2. The fourth-order valence-corrected chi connectivity index (χ4v) is 2.91. The van der Waals surface area contributed by atoms with Crippen LogP contribution in [0, 0.1) is 5.41 Å². The average Bonchev–Trinajstić information content (AvgIpc) is 2.85. The number of halogens is 1. The molecule has 1 aromatic rings. The molecule has 2 rings (SSSR count). The average molecular weight is 274 g/mol. The van der Waals surface area contributed by atoms with Crippen molar-refractivity contribution in [2.24, 2.45) is 5.41 Å². The molecule has 1 aromatic heterocycles. The highest BCUT2D eigenvalue weighted by Crippen LogP contribution is 2.32. The Balaban J connectivity index is 2.11. The van der Waals surface area contributed by atoms with Crippen LogP contribution in [0.4, 0.5) is 0 Å². The van der Waals surface area contributed by atoms with E-state index in [1.807, 2.05) is 0 Å². The van der Waals surface area contributed by atoms with Gasteiger partial charge < -0.3 is 10.0 Å². The van der Waals surface area contributed by atoms with Crippen LogP contribution < -0.4 is 0 Å². The Morgan fingerprint density at radius 1 is 1.53 bits per heavy atom. The van der Waals surface area contributed by atoms with Crippen LogP contribution >= 0.6 is 22.9 Å². The van der Waals surface area contributed by atoms with Gasteiger partial charge in [0.1, 0.15) is 0 Å². The van der Waals surface area contributed by atoms with Gasteiger partial charge >= 0.3 is 5.97 Å². The van der Waals surface area contributed by atoms with E-state index in [-0.39, 0.29) is 12.5 Å². The molecule has 1 fully saturated rings. The zero-order chi connectivity index (χ0) is 12.6. The van der Waals surface area contributed by atoms with Gasteiger partial charge in [-0.25, -0.2) is 0 Å². The molecule has 6 heteroatoms. The zero-order valence-electron chi connectivity index (χ0n) is 9.27. The standard InChI is InChI=1S/C11H12ClNO3S/c1-11(10(15)16)4-5-13(6-11)9(14)7-2-3-8(12)17-7/h2-3H,4-6H2,1H3,(H,15,16)/t11-/m0/s1. The minimum atomic E-state index is -0.850. The van der Waals surface area contributed by atoms with Gasteiger partial charge in [-0.2, -0.15) is 0 Å². The Morgan fingerprint density at radius 3 is 2.71 bits per heavy atom. The maximum atomic E-state index is 12.1. The van der Waals surface area contributed by atoms with Crippen molar-refractivity contribution in [1.82, 2.24) is 4.90 Å². The smallest absolute Gasteiger partial charge is 0.311 e. The molecule has 1 amide bonds. The molecule has 92 valence electrons. The molecule has 1 aliphatic rings. The molecule has 0 spiro atoms. The molecule has 4 nitrogen and oxygen atoms in total. The Bertz CT molecular complexity index is 473. The summed E-state index contributed by atoms with van der Waals surface area (Å²) in [6.07, 6.45) is 0.493. The van der Waals surface area contributed by atoms with E-state index >= 15 is 0 Å². The van der Waals surface area contributed by atoms with Crippen LogP contribution in [0.25, 0.3) is 0 Å². The molecule has 0 unspecified atom stereocenters. The first-order valence-corrected chi connectivity index (χ1v) is 6.40. The molecule has 0 radical (unpaired) electrons. The van der Waals surface area contributed by atoms with Gasteiger partial charge in [0.25, 0.3) is 5.91 Å². The number of thiophene rings is 1. The summed E-state index contributed by atoms with van der Waals surface area (Å²) in [6.45, 7) is 2.41. The van der Waals surface area contributed by atoms with Crippen molar-refractivity contribution in [2.75, 3.05) is 13.1 Å². The summed E-state index contributed by atoms with van der Waals surface area (Å²) in [5, 5.41) is 9.09. The van der Waals surface area contributed by atoms with Crippen molar-refractivity contribution < 1.29 is 14.7 Å². The summed E-state index contributed by atoms with van der Waals surface area (Å²) >= 11 is 6.99. The van der Waals surface area contributed by atoms with E-state index in [2.05, 4.69) is 0 Å². The topological polar surface area (TPSA) is 57.6 Å². The van der Waals surface area contributed by atoms with E-state index in [4.69, 9.17) is 16.7 Å². The third-order valence-electron chi connectivity index (χ3n) is 3.06. The van der Waals surface area contributed by atoms with Gasteiger partial charge in [0.15, 0.2) is 0 Å². The van der Waals surface area contributed by atoms with Crippen LogP contribution in [0.3, 0.4) is 0 Å². The maximum Gasteiger partial charge on any atom is 0.311 e. The molecular formula is C11H12ClNO3S. The fourth-order valence-electron chi connectivity index (χ4n) is 1.89. The molecule has 17 heavy (non-hydrogen) atoms. The highest BCUT2D eigenvalue weighted by molar-refractivity contribution is 7.17. The van der Waals surface area contributed by atoms with Crippen molar-refractivity contribution in [2.45, 2.75) is 13.3 Å². The molecule has 1 atom stereocenters. The monoisotopic (exact) mass is 273 g/mol. The summed E-state index contributed by atoms with van der Waals surface area (Å²) < 4.78 is 0.563. The largest absolute Gasteiger partial charge is 0.481 e. The van der Waals surface area contributed by atoms with E-state index in [1.54, 1.807) is 24.0 Å². The van der Waals surface area contributed by atoms with E-state index < -0.39 is 11.4 Å². The molecule has 0 aliphatic carbocycles. The van der Waals surface area contributed by atoms with Crippen LogP contribution in [0.1, 0.15) is 23.0 Å². The van der Waals surface area contributed by atoms with Crippen LogP contribution in [0.5, 0.6) is 0 Å². The van der Waals surface area contributed by atoms with E-state index in [1.165, 1.54) is 11.3 Å². The lowest BCUT2D eigenvalue weighted by Crippen LogP contribution is -2.34. The minimum absolute atomic E-state index is 0.133. The molecule has 0 aromatic carbocycles. The highest BCUT2D eigenvalue weighted by Gasteiger charge is 2.42. The molecule has 0 bridgehead atoms. The van der Waals surface area contributed by atoms with Crippen molar-refractivity contribution in [3.63, 3.8) is 0 Å². The maximum absolute atomic E-state index is 12.1. The van der Waals surface area contributed by atoms with Crippen LogP contribution in [-0.2, 0) is 4.79 Å². The van der Waals surface area contributed by atoms with Crippen molar-refractivity contribution >= 4 is 34.8 Å². The second kappa shape index (κ2) is 4.31. The Labute approximate surface area is 108 Å². The van der Waals surface area contributed by atoms with E-state index in [9.17, 15) is 9.59 Å². The lowest BCUT2D eigenvalue weighted by molar-refractivity contribution is -0.147. The normalized spacial score (nSPS) is 24.0. The first kappa shape index (κ1) is 12.4. The Hall–Kier alpha value is -1.07. The van der Waals surface area contributed by atoms with Crippen molar-refractivity contribution in [3.05, 3.63) is 21.3 Å². The summed E-state index contributed by atoms with van der Waals surface area (Å²) in [6, 6.07) is 3.34. The third kappa shape index (κ3) is 2.30. The zero-order valence-corrected chi connectivity index (χ0v) is 10.8. The molecule has 0 saturated carbocycles. The second-order valence-electron chi connectivity index (χ2n) is 4.45. The number of hydrogen-bond acceptors (Lipinski definition) is 3. The second-order valence-corrected chi connectivity index (χ2v) is 6.16. The minimum Gasteiger partial charge on any atom is -0.481 e. The number of hydrogen-bond donors (Lipinski definition) is 1. The fraction of sp³-hybridized carbons (Fsp3) is 0.455. The summed E-state index contributed by atoms with van der Waals surface area (Å²) in [7, 11) is 0. The number of nitrogens with zero attached hydrogens (tertiary/aromatic N) is 1. The molecule has 1 aliphatic heterocycles. The third-order valence-corrected chi connectivity index (χ3v) is 4.28. The van der Waals surface area contributed by atoms with Gasteiger partial charge in [-0.1, -0.05) is 11.6 Å². The number of carbonyl (C=O) groups excluding carboxylic acids is 1. The van der Waals surface area contributed by atoms with Gasteiger partial charge in [0.2, 0.25) is 0 Å². The lowest BCUT2D eigenvalue weighted by Gasteiger charge is -2.19. The number of likely N-dealkylation sites (tertiary alicyclic amines) is 1. The highest BCUT2D eigenvalue weighted by atomic mass is 35.5. The lowest BCUT2D eigenvalue weighted by atomic mass is 9.90. The Kier molecular flexibility index (Phi) is 3.14. The van der Waals surface area contributed by atoms with Crippen molar-refractivity contribution in [1.29, 1.82) is 0 Å². The Morgan fingerprint density at radius 2 is 2.24 bits per heavy atom. The number of rotatable bonds is 2. The summed E-state index contributed by atoms with van der Waals surface area (Å²) in [5.41, 5.74) is -0.823. The van der Waals surface area contributed by atoms with Gasteiger partial charge in [-0.15, -0.1) is 11.3 Å². The van der Waals surface area contributed by atoms with Crippen LogP contribution in [-0.4, -0.2) is 35.0 Å². The van der Waals surface area contributed by atoms with Gasteiger partial charge in [-0.05, 0) is 25.5 Å². The number of aliphatic carboxylic acids is 1. The van der Waals surface area contributed by atoms with Crippen LogP contribution in [0.2, 0.25) is 4.34 Å². The van der Waals surface area contributed by atoms with E-state index in [0.29, 0.717) is 22.2 Å². The molecule has 1 saturated heterocycles. The van der Waals surface area contributed by atoms with Crippen molar-refractivity contribution in [3.8, 4) is 0 Å². The quantitative estimate of drug-likeness (QED) is 0.900. The first-order valence-electron chi connectivity index (χ1n) is 5.20. The molecule has 1 N–H and O–H groups in total. The molecular weight excluding hydrogens is 262 g/mol. The van der Waals surface area contributed by atoms with Gasteiger partial charge in [-0.3, -0.25) is 9.59 Å². The number of carboxylic acids is 1. The van der Waals surface area contributed by atoms with E-state index in [0.717, 1.165) is 0 Å². The van der Waals surface area contributed by atoms with Gasteiger partial charge in [0.05, 0.1) is 14.6 Å². The predicted octanol–water partition coefficient (Wildman–Crippen LogP) is 2.34. The number of amides is 1. The summed E-state index contributed by atoms with van der Waals surface area (Å²) in [5.74, 6) is -0.983. The number of carboxylic acid groups (broad SMARTS) is 1. The predicted molar refractivity (Wildman–Crippen MR) is 65.6 cm³/mol. The first-order chi connectivity index (χ1) is 7.92. The van der Waals surface area contributed by atoms with Gasteiger partial charge in [0, 0.05) is 13.1 Å². The summed E-state index contributed by atoms with van der Waals surface area (Å²) in [4.78, 5) is 25.3. The molecule has 2 heterocycles. The SMILES string of the molecule is C[C@]1(C(=O)O)CCN(C(=O)c2ccc(Cl)s2)C1.